The van der Waals surface area contributed by atoms with E-state index in [-0.39, 0.29) is 18.9 Å². The molecule has 0 saturated carbocycles. The van der Waals surface area contributed by atoms with E-state index < -0.39 is 0 Å². The minimum absolute atomic E-state index is 0. The number of thiol groups is 2. The van der Waals surface area contributed by atoms with E-state index in [1.807, 2.05) is 30.3 Å². The summed E-state index contributed by atoms with van der Waals surface area (Å²) in [5.41, 5.74) is 1.06. The number of hydrogen-bond acceptors (Lipinski definition) is 2. The van der Waals surface area contributed by atoms with Crippen LogP contribution in [0.3, 0.4) is 0 Å². The maximum atomic E-state index is 4.07. The Morgan fingerprint density at radius 1 is 1.00 bits per heavy atom. The summed E-state index contributed by atoms with van der Waals surface area (Å²) in [6.45, 7) is 0. The summed E-state index contributed by atoms with van der Waals surface area (Å²) >= 11 is 8.14. The van der Waals surface area contributed by atoms with Crippen LogP contribution in [0, 0.1) is 4.58 Å². The fourth-order valence-corrected chi connectivity index (χ4v) is 0.885. The molecule has 0 N–H and O–H groups in total. The van der Waals surface area contributed by atoms with Gasteiger partial charge in [0.25, 0.3) is 0 Å². The molecule has 0 aliphatic heterocycles. The van der Waals surface area contributed by atoms with Crippen LogP contribution in [0.1, 0.15) is 5.56 Å². The Morgan fingerprint density at radius 3 is 1.80 bits per heavy atom. The third-order valence-corrected chi connectivity index (χ3v) is 1.55. The minimum Gasteiger partial charge on any atom is -0.206 e. The smallest absolute Gasteiger partial charge is 0.206 e. The summed E-state index contributed by atoms with van der Waals surface area (Å²) in [5, 5.41) is 0. The SMILES string of the molecule is S[C-](S)c1ccccc1.[Li+]. The van der Waals surface area contributed by atoms with Crippen LogP contribution in [0.25, 0.3) is 0 Å². The first-order valence-corrected chi connectivity index (χ1v) is 3.50. The quantitative estimate of drug-likeness (QED) is 0.307. The van der Waals surface area contributed by atoms with Crippen molar-refractivity contribution in [3.63, 3.8) is 0 Å². The van der Waals surface area contributed by atoms with Gasteiger partial charge < -0.3 is 0 Å². The second kappa shape index (κ2) is 5.09. The third-order valence-electron chi connectivity index (χ3n) is 1.03. The van der Waals surface area contributed by atoms with E-state index in [0.717, 1.165) is 10.1 Å². The molecule has 0 unspecified atom stereocenters. The van der Waals surface area contributed by atoms with Crippen molar-refractivity contribution in [1.82, 2.24) is 0 Å². The predicted molar refractivity (Wildman–Crippen MR) is 46.8 cm³/mol. The number of benzene rings is 1. The van der Waals surface area contributed by atoms with Gasteiger partial charge in [-0.1, -0.05) is 10.6 Å². The van der Waals surface area contributed by atoms with Crippen LogP contribution in [0.4, 0.5) is 0 Å². The van der Waals surface area contributed by atoms with Gasteiger partial charge in [0.1, 0.15) is 0 Å². The van der Waals surface area contributed by atoms with Crippen molar-refractivity contribution in [3.05, 3.63) is 40.5 Å². The summed E-state index contributed by atoms with van der Waals surface area (Å²) in [7, 11) is 0. The Labute approximate surface area is 84.4 Å². The maximum absolute atomic E-state index is 4.07. The van der Waals surface area contributed by atoms with E-state index in [2.05, 4.69) is 25.3 Å². The number of rotatable bonds is 1. The molecule has 0 aromatic heterocycles. The molecule has 0 spiro atoms. The van der Waals surface area contributed by atoms with Crippen molar-refractivity contribution < 1.29 is 18.9 Å². The standard InChI is InChI=1S/C7H7S2.Li/c8-7(9)6-4-2-1-3-5-6;/h1-5,8-9H;/q-1;+1. The van der Waals surface area contributed by atoms with Crippen molar-refractivity contribution in [2.75, 3.05) is 0 Å². The van der Waals surface area contributed by atoms with Gasteiger partial charge in [0.05, 0.1) is 0 Å². The Kier molecular flexibility index (Phi) is 5.29. The molecule has 0 atom stereocenters. The summed E-state index contributed by atoms with van der Waals surface area (Å²) in [4.78, 5) is 0. The van der Waals surface area contributed by atoms with Gasteiger partial charge in [-0.05, 0) is 0 Å². The van der Waals surface area contributed by atoms with Gasteiger partial charge >= 0.3 is 18.9 Å². The molecule has 0 radical (unpaired) electrons. The first kappa shape index (κ1) is 10.4. The van der Waals surface area contributed by atoms with Crippen LogP contribution in [0.15, 0.2) is 30.3 Å². The largest absolute Gasteiger partial charge is 1.00 e. The van der Waals surface area contributed by atoms with Crippen molar-refractivity contribution in [2.45, 2.75) is 0 Å². The maximum Gasteiger partial charge on any atom is 1.00 e. The van der Waals surface area contributed by atoms with Crippen molar-refractivity contribution in [1.29, 1.82) is 0 Å². The van der Waals surface area contributed by atoms with E-state index in [4.69, 9.17) is 0 Å². The molecule has 0 fully saturated rings. The van der Waals surface area contributed by atoms with Crippen LogP contribution < -0.4 is 18.9 Å². The summed E-state index contributed by atoms with van der Waals surface area (Å²) < 4.78 is 0.760. The van der Waals surface area contributed by atoms with Gasteiger partial charge in [0.15, 0.2) is 0 Å². The fraction of sp³-hybridized carbons (Fsp3) is 0. The molecule has 10 heavy (non-hydrogen) atoms. The Bertz CT molecular complexity index is 174. The number of hydrogen-bond donors (Lipinski definition) is 2. The Balaban J connectivity index is 0.000000810. The average molecular weight is 162 g/mol. The van der Waals surface area contributed by atoms with Gasteiger partial charge in [-0.3, -0.25) is 0 Å². The fourth-order valence-electron chi connectivity index (χ4n) is 0.587. The van der Waals surface area contributed by atoms with E-state index in [0.29, 0.717) is 0 Å². The van der Waals surface area contributed by atoms with Gasteiger partial charge in [-0.2, -0.15) is 17.7 Å². The monoisotopic (exact) mass is 162 g/mol. The zero-order valence-electron chi connectivity index (χ0n) is 5.78. The second-order valence-corrected chi connectivity index (χ2v) is 2.94. The van der Waals surface area contributed by atoms with Crippen molar-refractivity contribution in [2.24, 2.45) is 0 Å². The molecule has 1 rings (SSSR count). The van der Waals surface area contributed by atoms with E-state index in [1.54, 1.807) is 0 Å². The Hall–Kier alpha value is 0.387. The minimum atomic E-state index is 0. The molecular formula is C7H7LiS2. The molecule has 0 nitrogen and oxygen atoms in total. The zero-order chi connectivity index (χ0) is 6.69. The van der Waals surface area contributed by atoms with Gasteiger partial charge in [0.2, 0.25) is 0 Å². The molecule has 3 heteroatoms. The van der Waals surface area contributed by atoms with Crippen LogP contribution in [-0.2, 0) is 0 Å². The van der Waals surface area contributed by atoms with Crippen LogP contribution in [0.5, 0.6) is 0 Å². The zero-order valence-corrected chi connectivity index (χ0v) is 7.57. The van der Waals surface area contributed by atoms with Crippen LogP contribution in [-0.4, -0.2) is 0 Å². The molecule has 0 aliphatic rings. The van der Waals surface area contributed by atoms with Gasteiger partial charge in [-0.25, -0.2) is 25.3 Å². The molecule has 0 heterocycles. The predicted octanol–water partition coefficient (Wildman–Crippen LogP) is -0.612. The summed E-state index contributed by atoms with van der Waals surface area (Å²) in [5.74, 6) is 0. The molecule has 0 saturated heterocycles. The van der Waals surface area contributed by atoms with E-state index >= 15 is 0 Å². The molecule has 1 aromatic carbocycles. The van der Waals surface area contributed by atoms with E-state index in [9.17, 15) is 0 Å². The second-order valence-electron chi connectivity index (χ2n) is 1.69. The molecule has 48 valence electrons. The summed E-state index contributed by atoms with van der Waals surface area (Å²) in [6, 6.07) is 9.82. The molecule has 0 bridgehead atoms. The molecule has 1 aromatic rings. The normalized spacial score (nSPS) is 8.20. The summed E-state index contributed by atoms with van der Waals surface area (Å²) in [6.07, 6.45) is 0. The van der Waals surface area contributed by atoms with E-state index in [1.165, 1.54) is 0 Å². The molecular weight excluding hydrogens is 155 g/mol. The average Bonchev–Trinajstić information content (AvgIpc) is 1.90. The van der Waals surface area contributed by atoms with Gasteiger partial charge in [0, 0.05) is 0 Å². The van der Waals surface area contributed by atoms with Gasteiger partial charge in [-0.15, -0.1) is 12.1 Å². The third kappa shape index (κ3) is 2.98. The van der Waals surface area contributed by atoms with Crippen LogP contribution in [0.2, 0.25) is 0 Å². The van der Waals surface area contributed by atoms with Crippen molar-refractivity contribution in [3.8, 4) is 0 Å². The first-order chi connectivity index (χ1) is 4.30. The van der Waals surface area contributed by atoms with Crippen molar-refractivity contribution >= 4 is 25.3 Å². The molecule has 0 amide bonds. The Morgan fingerprint density at radius 2 is 1.50 bits per heavy atom. The van der Waals surface area contributed by atoms with Crippen LogP contribution >= 0.6 is 25.3 Å². The first-order valence-electron chi connectivity index (χ1n) is 2.61. The molecule has 0 aliphatic carbocycles. The topological polar surface area (TPSA) is 0 Å².